The second kappa shape index (κ2) is 8.98. The minimum atomic E-state index is -0.280. The first-order chi connectivity index (χ1) is 15.0. The smallest absolute Gasteiger partial charge is 0.289 e. The average molecular weight is 426 g/mol. The van der Waals surface area contributed by atoms with E-state index in [1.807, 2.05) is 36.9 Å². The molecule has 0 radical (unpaired) electrons. The number of carbonyl (C=O) groups is 1. The Morgan fingerprint density at radius 2 is 1.90 bits per heavy atom. The van der Waals surface area contributed by atoms with Gasteiger partial charge in [0, 0.05) is 49.2 Å². The predicted molar refractivity (Wildman–Crippen MR) is 116 cm³/mol. The van der Waals surface area contributed by atoms with Crippen molar-refractivity contribution < 1.29 is 23.1 Å². The molecule has 1 aromatic heterocycles. The fourth-order valence-electron chi connectivity index (χ4n) is 4.02. The predicted octanol–water partition coefficient (Wildman–Crippen LogP) is 4.25. The van der Waals surface area contributed by atoms with E-state index in [1.54, 1.807) is 13.2 Å². The molecule has 0 aliphatic carbocycles. The highest BCUT2D eigenvalue weighted by molar-refractivity contribution is 5.99. The van der Waals surface area contributed by atoms with E-state index in [0.29, 0.717) is 56.4 Å². The van der Waals surface area contributed by atoms with Crippen molar-refractivity contribution >= 4 is 16.9 Å². The first-order valence-corrected chi connectivity index (χ1v) is 10.5. The zero-order chi connectivity index (χ0) is 22.0. The van der Waals surface area contributed by atoms with Crippen LogP contribution in [0.5, 0.6) is 11.5 Å². The molecule has 0 saturated carbocycles. The summed E-state index contributed by atoms with van der Waals surface area (Å²) in [4.78, 5) is 17.1. The summed E-state index contributed by atoms with van der Waals surface area (Å²) in [7, 11) is 1.58. The van der Waals surface area contributed by atoms with Crippen molar-refractivity contribution in [2.45, 2.75) is 20.4 Å². The molecule has 164 valence electrons. The van der Waals surface area contributed by atoms with E-state index in [9.17, 15) is 9.18 Å². The van der Waals surface area contributed by atoms with Crippen LogP contribution in [0.15, 0.2) is 40.8 Å². The molecule has 4 rings (SSSR count). The van der Waals surface area contributed by atoms with E-state index in [0.717, 1.165) is 22.3 Å². The fourth-order valence-corrected chi connectivity index (χ4v) is 4.02. The highest BCUT2D eigenvalue weighted by Gasteiger charge is 2.27. The van der Waals surface area contributed by atoms with Crippen molar-refractivity contribution in [3.05, 3.63) is 59.1 Å². The van der Waals surface area contributed by atoms with Gasteiger partial charge in [-0.05, 0) is 50.2 Å². The molecule has 31 heavy (non-hydrogen) atoms. The summed E-state index contributed by atoms with van der Waals surface area (Å²) >= 11 is 0. The third kappa shape index (κ3) is 4.37. The Morgan fingerprint density at radius 1 is 1.13 bits per heavy atom. The molecule has 3 aromatic rings. The SMILES string of the molecule is CCOc1ccc2oc(C(=O)N3CCN(Cc4cc(F)ccc4OC)CC3)c(C)c2c1. The molecule has 7 heteroatoms. The first-order valence-electron chi connectivity index (χ1n) is 10.5. The number of furan rings is 1. The van der Waals surface area contributed by atoms with Crippen LogP contribution in [-0.2, 0) is 6.54 Å². The highest BCUT2D eigenvalue weighted by atomic mass is 19.1. The van der Waals surface area contributed by atoms with Gasteiger partial charge < -0.3 is 18.8 Å². The van der Waals surface area contributed by atoms with Crippen LogP contribution in [0.4, 0.5) is 4.39 Å². The third-order valence-electron chi connectivity index (χ3n) is 5.71. The van der Waals surface area contributed by atoms with Gasteiger partial charge in [0.25, 0.3) is 5.91 Å². The van der Waals surface area contributed by atoms with Gasteiger partial charge in [-0.2, -0.15) is 0 Å². The second-order valence-electron chi connectivity index (χ2n) is 7.67. The molecule has 0 N–H and O–H groups in total. The number of aryl methyl sites for hydroxylation is 1. The van der Waals surface area contributed by atoms with Crippen LogP contribution >= 0.6 is 0 Å². The van der Waals surface area contributed by atoms with Crippen LogP contribution in [0.3, 0.4) is 0 Å². The number of benzene rings is 2. The summed E-state index contributed by atoms with van der Waals surface area (Å²) < 4.78 is 30.4. The highest BCUT2D eigenvalue weighted by Crippen LogP contribution is 2.30. The summed E-state index contributed by atoms with van der Waals surface area (Å²) in [5, 5.41) is 0.895. The first kappa shape index (κ1) is 21.2. The van der Waals surface area contributed by atoms with E-state index in [4.69, 9.17) is 13.9 Å². The fraction of sp³-hybridized carbons (Fsp3) is 0.375. The Hall–Kier alpha value is -3.06. The summed E-state index contributed by atoms with van der Waals surface area (Å²) in [5.74, 6) is 1.43. The van der Waals surface area contributed by atoms with Crippen LogP contribution in [0.2, 0.25) is 0 Å². The number of nitrogens with zero attached hydrogens (tertiary/aromatic N) is 2. The van der Waals surface area contributed by atoms with Crippen molar-refractivity contribution in [3.8, 4) is 11.5 Å². The Bertz CT molecular complexity index is 1090. The average Bonchev–Trinajstić information content (AvgIpc) is 3.10. The van der Waals surface area contributed by atoms with Crippen molar-refractivity contribution in [3.63, 3.8) is 0 Å². The Kier molecular flexibility index (Phi) is 6.13. The van der Waals surface area contributed by atoms with Gasteiger partial charge in [0.2, 0.25) is 0 Å². The van der Waals surface area contributed by atoms with Gasteiger partial charge in [0.15, 0.2) is 5.76 Å². The molecule has 1 aliphatic rings. The third-order valence-corrected chi connectivity index (χ3v) is 5.71. The summed E-state index contributed by atoms with van der Waals surface area (Å²) in [6, 6.07) is 10.2. The van der Waals surface area contributed by atoms with Crippen molar-refractivity contribution in [1.29, 1.82) is 0 Å². The molecule has 0 bridgehead atoms. The van der Waals surface area contributed by atoms with Crippen LogP contribution in [0.25, 0.3) is 11.0 Å². The number of piperazine rings is 1. The van der Waals surface area contributed by atoms with Crippen molar-refractivity contribution in [1.82, 2.24) is 9.80 Å². The lowest BCUT2D eigenvalue weighted by atomic mass is 10.1. The zero-order valence-corrected chi connectivity index (χ0v) is 18.1. The van der Waals surface area contributed by atoms with E-state index in [2.05, 4.69) is 4.90 Å². The topological polar surface area (TPSA) is 55.2 Å². The van der Waals surface area contributed by atoms with E-state index < -0.39 is 0 Å². The summed E-state index contributed by atoms with van der Waals surface area (Å²) in [6.45, 7) is 7.55. The monoisotopic (exact) mass is 426 g/mol. The van der Waals surface area contributed by atoms with Gasteiger partial charge in [-0.15, -0.1) is 0 Å². The number of halogens is 1. The molecule has 0 atom stereocenters. The number of methoxy groups -OCH3 is 1. The number of ether oxygens (including phenoxy) is 2. The van der Waals surface area contributed by atoms with E-state index in [-0.39, 0.29) is 11.7 Å². The number of rotatable bonds is 6. The number of amides is 1. The maximum Gasteiger partial charge on any atom is 0.289 e. The standard InChI is InChI=1S/C24H27FN2O4/c1-4-30-19-6-8-22-20(14-19)16(2)23(31-22)24(28)27-11-9-26(10-12-27)15-17-13-18(25)5-7-21(17)29-3/h5-8,13-14H,4,9-12,15H2,1-3H3. The Labute approximate surface area is 181 Å². The molecule has 1 fully saturated rings. The molecular weight excluding hydrogens is 399 g/mol. The lowest BCUT2D eigenvalue weighted by molar-refractivity contribution is 0.0598. The van der Waals surface area contributed by atoms with Gasteiger partial charge in [-0.3, -0.25) is 9.69 Å². The molecule has 0 spiro atoms. The summed E-state index contributed by atoms with van der Waals surface area (Å²) in [5.41, 5.74) is 2.31. The number of hydrogen-bond donors (Lipinski definition) is 0. The lowest BCUT2D eigenvalue weighted by Crippen LogP contribution is -2.48. The van der Waals surface area contributed by atoms with E-state index >= 15 is 0 Å². The second-order valence-corrected chi connectivity index (χ2v) is 7.67. The van der Waals surface area contributed by atoms with Crippen molar-refractivity contribution in [2.75, 3.05) is 39.9 Å². The maximum absolute atomic E-state index is 13.6. The number of fused-ring (bicyclic) bond motifs is 1. The normalized spacial score (nSPS) is 14.8. The van der Waals surface area contributed by atoms with Gasteiger partial charge in [-0.1, -0.05) is 0 Å². The van der Waals surface area contributed by atoms with Gasteiger partial charge in [0.1, 0.15) is 22.9 Å². The summed E-state index contributed by atoms with van der Waals surface area (Å²) in [6.07, 6.45) is 0. The molecule has 1 aliphatic heterocycles. The number of hydrogen-bond acceptors (Lipinski definition) is 5. The molecule has 0 unspecified atom stereocenters. The van der Waals surface area contributed by atoms with E-state index in [1.165, 1.54) is 12.1 Å². The molecule has 6 nitrogen and oxygen atoms in total. The minimum absolute atomic E-state index is 0.102. The van der Waals surface area contributed by atoms with Crippen molar-refractivity contribution in [2.24, 2.45) is 0 Å². The molecular formula is C24H27FN2O4. The molecule has 1 saturated heterocycles. The molecule has 1 amide bonds. The molecule has 2 aromatic carbocycles. The maximum atomic E-state index is 13.6. The number of carbonyl (C=O) groups excluding carboxylic acids is 1. The Balaban J connectivity index is 1.44. The lowest BCUT2D eigenvalue weighted by Gasteiger charge is -2.34. The van der Waals surface area contributed by atoms with Crippen LogP contribution in [0.1, 0.15) is 28.6 Å². The van der Waals surface area contributed by atoms with Crippen LogP contribution in [0, 0.1) is 12.7 Å². The quantitative estimate of drug-likeness (QED) is 0.590. The zero-order valence-electron chi connectivity index (χ0n) is 18.1. The van der Waals surface area contributed by atoms with Gasteiger partial charge in [0.05, 0.1) is 13.7 Å². The van der Waals surface area contributed by atoms with Crippen LogP contribution in [-0.4, -0.2) is 55.6 Å². The molecule has 2 heterocycles. The van der Waals surface area contributed by atoms with Gasteiger partial charge in [-0.25, -0.2) is 4.39 Å². The largest absolute Gasteiger partial charge is 0.496 e. The van der Waals surface area contributed by atoms with Gasteiger partial charge >= 0.3 is 0 Å². The minimum Gasteiger partial charge on any atom is -0.496 e. The van der Waals surface area contributed by atoms with Crippen LogP contribution < -0.4 is 9.47 Å². The Morgan fingerprint density at radius 3 is 2.61 bits per heavy atom.